The van der Waals surface area contributed by atoms with E-state index < -0.39 is 10.0 Å². The minimum absolute atomic E-state index is 0.158. The van der Waals surface area contributed by atoms with Crippen LogP contribution in [0.5, 0.6) is 0 Å². The molecule has 0 N–H and O–H groups in total. The standard InChI is InChI=1S/C12H13ClN2O2S2/c1-9-10-3-2-6-14(10)7-8-15(9)19(16,17)12-5-4-11(13)18-12/h2-6,9H,7-8H2,1H3. The van der Waals surface area contributed by atoms with E-state index in [2.05, 4.69) is 4.57 Å². The van der Waals surface area contributed by atoms with Crippen molar-refractivity contribution in [3.8, 4) is 0 Å². The summed E-state index contributed by atoms with van der Waals surface area (Å²) in [6.07, 6.45) is 1.98. The van der Waals surface area contributed by atoms with Gasteiger partial charge in [-0.2, -0.15) is 4.31 Å². The van der Waals surface area contributed by atoms with Crippen LogP contribution in [0.4, 0.5) is 0 Å². The minimum Gasteiger partial charge on any atom is -0.349 e. The predicted molar refractivity (Wildman–Crippen MR) is 76.1 cm³/mol. The molecule has 1 unspecified atom stereocenters. The normalized spacial score (nSPS) is 20.4. The van der Waals surface area contributed by atoms with Crippen molar-refractivity contribution in [3.05, 3.63) is 40.5 Å². The van der Waals surface area contributed by atoms with E-state index >= 15 is 0 Å². The second-order valence-corrected chi connectivity index (χ2v) is 8.31. The van der Waals surface area contributed by atoms with E-state index in [-0.39, 0.29) is 6.04 Å². The molecule has 2 aromatic heterocycles. The van der Waals surface area contributed by atoms with Crippen LogP contribution >= 0.6 is 22.9 Å². The van der Waals surface area contributed by atoms with Crippen LogP contribution in [0.25, 0.3) is 0 Å². The van der Waals surface area contributed by atoms with Crippen LogP contribution in [-0.4, -0.2) is 23.8 Å². The van der Waals surface area contributed by atoms with Crippen LogP contribution < -0.4 is 0 Å². The van der Waals surface area contributed by atoms with E-state index in [0.717, 1.165) is 17.0 Å². The Morgan fingerprint density at radius 2 is 2.11 bits per heavy atom. The highest BCUT2D eigenvalue weighted by molar-refractivity contribution is 7.91. The fraction of sp³-hybridized carbons (Fsp3) is 0.333. The van der Waals surface area contributed by atoms with E-state index in [0.29, 0.717) is 21.6 Å². The molecule has 0 fully saturated rings. The summed E-state index contributed by atoms with van der Waals surface area (Å²) in [5.41, 5.74) is 1.03. The molecule has 0 aromatic carbocycles. The van der Waals surface area contributed by atoms with Gasteiger partial charge >= 0.3 is 0 Å². The fourth-order valence-corrected chi connectivity index (χ4v) is 5.65. The smallest absolute Gasteiger partial charge is 0.253 e. The SMILES string of the molecule is CC1c2cccn2CCN1S(=O)(=O)c1ccc(Cl)s1. The molecule has 0 bridgehead atoms. The second kappa shape index (κ2) is 4.63. The summed E-state index contributed by atoms with van der Waals surface area (Å²) in [5, 5.41) is 0. The van der Waals surface area contributed by atoms with Crippen molar-refractivity contribution in [2.45, 2.75) is 23.7 Å². The molecule has 19 heavy (non-hydrogen) atoms. The summed E-state index contributed by atoms with van der Waals surface area (Å²) in [6, 6.07) is 6.95. The molecule has 0 spiro atoms. The Kier molecular flexibility index (Phi) is 3.21. The van der Waals surface area contributed by atoms with Crippen LogP contribution in [0, 0.1) is 0 Å². The first-order valence-electron chi connectivity index (χ1n) is 5.92. The van der Waals surface area contributed by atoms with Gasteiger partial charge in [0.2, 0.25) is 0 Å². The van der Waals surface area contributed by atoms with Crippen LogP contribution in [0.1, 0.15) is 18.7 Å². The van der Waals surface area contributed by atoms with Crippen molar-refractivity contribution in [2.24, 2.45) is 0 Å². The van der Waals surface area contributed by atoms with Gasteiger partial charge in [-0.25, -0.2) is 8.42 Å². The van der Waals surface area contributed by atoms with Gasteiger partial charge < -0.3 is 4.57 Å². The van der Waals surface area contributed by atoms with Crippen LogP contribution in [0.15, 0.2) is 34.7 Å². The summed E-state index contributed by atoms with van der Waals surface area (Å²) in [4.78, 5) is 0. The van der Waals surface area contributed by atoms with Crippen LogP contribution in [0.2, 0.25) is 4.34 Å². The molecule has 0 saturated heterocycles. The molecule has 3 rings (SSSR count). The Labute approximate surface area is 121 Å². The molecule has 1 atom stereocenters. The molecule has 4 nitrogen and oxygen atoms in total. The number of aromatic nitrogens is 1. The van der Waals surface area contributed by atoms with Gasteiger partial charge in [-0.1, -0.05) is 11.6 Å². The van der Waals surface area contributed by atoms with E-state index in [1.165, 1.54) is 0 Å². The largest absolute Gasteiger partial charge is 0.349 e. The van der Waals surface area contributed by atoms with E-state index in [9.17, 15) is 8.42 Å². The molecule has 0 saturated carbocycles. The highest BCUT2D eigenvalue weighted by Crippen LogP contribution is 2.34. The number of fused-ring (bicyclic) bond motifs is 1. The molecular weight excluding hydrogens is 304 g/mol. The Hall–Kier alpha value is -0.820. The van der Waals surface area contributed by atoms with Crippen molar-refractivity contribution in [2.75, 3.05) is 6.54 Å². The van der Waals surface area contributed by atoms with E-state index in [4.69, 9.17) is 11.6 Å². The van der Waals surface area contributed by atoms with Gasteiger partial charge in [-0.05, 0) is 31.2 Å². The molecule has 2 aromatic rings. The van der Waals surface area contributed by atoms with E-state index in [1.54, 1.807) is 16.4 Å². The molecule has 102 valence electrons. The Morgan fingerprint density at radius 3 is 2.79 bits per heavy atom. The summed E-state index contributed by atoms with van der Waals surface area (Å²) < 4.78 is 29.7. The van der Waals surface area contributed by atoms with E-state index in [1.807, 2.05) is 25.3 Å². The average molecular weight is 317 g/mol. The average Bonchev–Trinajstić information content (AvgIpc) is 2.97. The lowest BCUT2D eigenvalue weighted by atomic mass is 10.2. The van der Waals surface area contributed by atoms with Gasteiger partial charge in [0.1, 0.15) is 4.21 Å². The lowest BCUT2D eigenvalue weighted by Crippen LogP contribution is -2.40. The molecule has 3 heterocycles. The first-order chi connectivity index (χ1) is 9.00. The third kappa shape index (κ3) is 2.12. The molecule has 0 amide bonds. The summed E-state index contributed by atoms with van der Waals surface area (Å²) in [5.74, 6) is 0. The zero-order valence-corrected chi connectivity index (χ0v) is 12.7. The fourth-order valence-electron chi connectivity index (χ4n) is 2.44. The number of hydrogen-bond acceptors (Lipinski definition) is 3. The number of hydrogen-bond donors (Lipinski definition) is 0. The van der Waals surface area contributed by atoms with Crippen molar-refractivity contribution in [1.29, 1.82) is 0 Å². The number of thiophene rings is 1. The Balaban J connectivity index is 2.00. The van der Waals surface area contributed by atoms with Crippen molar-refractivity contribution in [1.82, 2.24) is 8.87 Å². The predicted octanol–water partition coefficient (Wildman–Crippen LogP) is 2.97. The monoisotopic (exact) mass is 316 g/mol. The van der Waals surface area contributed by atoms with Crippen molar-refractivity contribution < 1.29 is 8.42 Å². The second-order valence-electron chi connectivity index (χ2n) is 4.48. The van der Waals surface area contributed by atoms with Crippen molar-refractivity contribution >= 4 is 33.0 Å². The quantitative estimate of drug-likeness (QED) is 0.855. The maximum absolute atomic E-state index is 12.6. The van der Waals surface area contributed by atoms with Crippen LogP contribution in [-0.2, 0) is 16.6 Å². The van der Waals surface area contributed by atoms with Gasteiger partial charge in [-0.15, -0.1) is 11.3 Å². The van der Waals surface area contributed by atoms with Gasteiger partial charge in [-0.3, -0.25) is 0 Å². The van der Waals surface area contributed by atoms with Gasteiger partial charge in [0.15, 0.2) is 0 Å². The minimum atomic E-state index is -3.46. The molecule has 1 aliphatic rings. The highest BCUT2D eigenvalue weighted by Gasteiger charge is 2.34. The number of halogens is 1. The van der Waals surface area contributed by atoms with Gasteiger partial charge in [0.25, 0.3) is 10.0 Å². The third-order valence-electron chi connectivity index (χ3n) is 3.40. The molecule has 7 heteroatoms. The number of sulfonamides is 1. The topological polar surface area (TPSA) is 42.3 Å². The molecule has 0 radical (unpaired) electrons. The lowest BCUT2D eigenvalue weighted by Gasteiger charge is -2.33. The maximum atomic E-state index is 12.6. The molecular formula is C12H13ClN2O2S2. The number of rotatable bonds is 2. The Bertz CT molecular complexity index is 705. The zero-order chi connectivity index (χ0) is 13.6. The van der Waals surface area contributed by atoms with Crippen molar-refractivity contribution in [3.63, 3.8) is 0 Å². The number of nitrogens with zero attached hydrogens (tertiary/aromatic N) is 2. The molecule has 1 aliphatic heterocycles. The van der Waals surface area contributed by atoms with Gasteiger partial charge in [0, 0.05) is 25.0 Å². The summed E-state index contributed by atoms with van der Waals surface area (Å²) in [6.45, 7) is 3.09. The first-order valence-corrected chi connectivity index (χ1v) is 8.56. The molecule has 0 aliphatic carbocycles. The summed E-state index contributed by atoms with van der Waals surface area (Å²) in [7, 11) is -3.46. The van der Waals surface area contributed by atoms with Crippen LogP contribution in [0.3, 0.4) is 0 Å². The third-order valence-corrected chi connectivity index (χ3v) is 7.07. The zero-order valence-electron chi connectivity index (χ0n) is 10.3. The summed E-state index contributed by atoms with van der Waals surface area (Å²) >= 11 is 6.94. The lowest BCUT2D eigenvalue weighted by molar-refractivity contribution is 0.283. The first kappa shape index (κ1) is 13.2. The highest BCUT2D eigenvalue weighted by atomic mass is 35.5. The Morgan fingerprint density at radius 1 is 1.32 bits per heavy atom. The maximum Gasteiger partial charge on any atom is 0.253 e. The van der Waals surface area contributed by atoms with Gasteiger partial charge in [0.05, 0.1) is 10.4 Å².